The van der Waals surface area contributed by atoms with Crippen molar-refractivity contribution in [2.45, 2.75) is 6.42 Å². The second-order valence-corrected chi connectivity index (χ2v) is 2.89. The molecule has 6 nitrogen and oxygen atoms in total. The first kappa shape index (κ1) is 11.5. The molecule has 0 unspecified atom stereocenters. The Labute approximate surface area is 91.4 Å². The maximum absolute atomic E-state index is 10.7. The molecule has 0 fully saturated rings. The summed E-state index contributed by atoms with van der Waals surface area (Å²) >= 11 is 0. The Morgan fingerprint density at radius 1 is 1.50 bits per heavy atom. The molecule has 0 aliphatic heterocycles. The van der Waals surface area contributed by atoms with Crippen LogP contribution >= 0.6 is 0 Å². The van der Waals surface area contributed by atoms with Gasteiger partial charge in [-0.05, 0) is 5.56 Å². The Morgan fingerprint density at radius 2 is 2.19 bits per heavy atom. The lowest BCUT2D eigenvalue weighted by Gasteiger charge is -2.04. The molecular weight excluding hydrogens is 210 g/mol. The summed E-state index contributed by atoms with van der Waals surface area (Å²) in [6.45, 7) is 0. The quantitative estimate of drug-likeness (QED) is 0.564. The molecule has 80 valence electrons. The van der Waals surface area contributed by atoms with Gasteiger partial charge in [-0.15, -0.1) is 0 Å². The zero-order chi connectivity index (χ0) is 12.1. The molecule has 0 aliphatic carbocycles. The minimum atomic E-state index is -0.610. The summed E-state index contributed by atoms with van der Waals surface area (Å²) in [4.78, 5) is 10.1. The summed E-state index contributed by atoms with van der Waals surface area (Å²) in [7, 11) is 1.29. The van der Waals surface area contributed by atoms with Gasteiger partial charge in [0.1, 0.15) is 0 Å². The molecule has 0 saturated heterocycles. The number of hydrogen-bond acceptors (Lipinski definition) is 5. The Kier molecular flexibility index (Phi) is 3.41. The average molecular weight is 217 g/mol. The van der Waals surface area contributed by atoms with Crippen molar-refractivity contribution in [1.29, 1.82) is 10.5 Å². The fraction of sp³-hybridized carbons (Fsp3) is 0.200. The SMILES string of the molecule is COc1cc(C#N)c(CC#N)cc1[N+](=O)[O-]. The van der Waals surface area contributed by atoms with E-state index in [1.165, 1.54) is 19.2 Å². The number of methoxy groups -OCH3 is 1. The molecule has 0 saturated carbocycles. The highest BCUT2D eigenvalue weighted by molar-refractivity contribution is 5.56. The third-order valence-electron chi connectivity index (χ3n) is 1.99. The summed E-state index contributed by atoms with van der Waals surface area (Å²) in [6.07, 6.45) is -0.0479. The highest BCUT2D eigenvalue weighted by Gasteiger charge is 2.18. The predicted molar refractivity (Wildman–Crippen MR) is 53.7 cm³/mol. The van der Waals surface area contributed by atoms with Crippen LogP contribution in [0.15, 0.2) is 12.1 Å². The van der Waals surface area contributed by atoms with Gasteiger partial charge < -0.3 is 4.74 Å². The number of ether oxygens (including phenoxy) is 1. The first-order chi connectivity index (χ1) is 7.63. The molecule has 0 amide bonds. The minimum absolute atomic E-state index is 0.0169. The van der Waals surface area contributed by atoms with Crippen LogP contribution in [0.1, 0.15) is 11.1 Å². The number of benzene rings is 1. The minimum Gasteiger partial charge on any atom is -0.490 e. The molecule has 16 heavy (non-hydrogen) atoms. The van der Waals surface area contributed by atoms with Crippen LogP contribution in [0.5, 0.6) is 5.75 Å². The van der Waals surface area contributed by atoms with Crippen molar-refractivity contribution in [2.24, 2.45) is 0 Å². The van der Waals surface area contributed by atoms with E-state index in [0.717, 1.165) is 0 Å². The molecule has 0 N–H and O–H groups in total. The predicted octanol–water partition coefficient (Wildman–Crippen LogP) is 1.54. The van der Waals surface area contributed by atoms with Gasteiger partial charge in [0.25, 0.3) is 0 Å². The van der Waals surface area contributed by atoms with Crippen LogP contribution in [-0.4, -0.2) is 12.0 Å². The second kappa shape index (κ2) is 4.76. The molecular formula is C10H7N3O3. The average Bonchev–Trinajstić information content (AvgIpc) is 2.28. The van der Waals surface area contributed by atoms with Crippen molar-refractivity contribution in [3.63, 3.8) is 0 Å². The molecule has 0 radical (unpaired) electrons. The van der Waals surface area contributed by atoms with E-state index in [1.807, 2.05) is 12.1 Å². The van der Waals surface area contributed by atoms with E-state index in [4.69, 9.17) is 15.3 Å². The van der Waals surface area contributed by atoms with Gasteiger partial charge in [-0.25, -0.2) is 0 Å². The Bertz CT molecular complexity index is 511. The van der Waals surface area contributed by atoms with Gasteiger partial charge in [0, 0.05) is 12.1 Å². The maximum Gasteiger partial charge on any atom is 0.311 e. The second-order valence-electron chi connectivity index (χ2n) is 2.89. The zero-order valence-electron chi connectivity index (χ0n) is 8.43. The number of hydrogen-bond donors (Lipinski definition) is 0. The first-order valence-corrected chi connectivity index (χ1v) is 4.26. The van der Waals surface area contributed by atoms with E-state index < -0.39 is 4.92 Å². The highest BCUT2D eigenvalue weighted by Crippen LogP contribution is 2.30. The highest BCUT2D eigenvalue weighted by atomic mass is 16.6. The fourth-order valence-electron chi connectivity index (χ4n) is 1.25. The molecule has 0 bridgehead atoms. The van der Waals surface area contributed by atoms with Gasteiger partial charge in [-0.1, -0.05) is 0 Å². The third-order valence-corrected chi connectivity index (χ3v) is 1.99. The normalized spacial score (nSPS) is 8.94. The lowest BCUT2D eigenvalue weighted by Crippen LogP contribution is -1.98. The van der Waals surface area contributed by atoms with E-state index in [2.05, 4.69) is 0 Å². The lowest BCUT2D eigenvalue weighted by molar-refractivity contribution is -0.385. The first-order valence-electron chi connectivity index (χ1n) is 4.26. The van der Waals surface area contributed by atoms with Crippen molar-refractivity contribution in [3.8, 4) is 17.9 Å². The number of nitro benzene ring substituents is 1. The van der Waals surface area contributed by atoms with Gasteiger partial charge in [0.2, 0.25) is 0 Å². The van der Waals surface area contributed by atoms with Gasteiger partial charge in [0.15, 0.2) is 5.75 Å². The summed E-state index contributed by atoms with van der Waals surface area (Å²) < 4.78 is 4.81. The maximum atomic E-state index is 10.7. The molecule has 1 rings (SSSR count). The molecule has 0 aliphatic rings. The van der Waals surface area contributed by atoms with Crippen molar-refractivity contribution < 1.29 is 9.66 Å². The van der Waals surface area contributed by atoms with Gasteiger partial charge in [-0.2, -0.15) is 10.5 Å². The smallest absolute Gasteiger partial charge is 0.311 e. The summed E-state index contributed by atoms with van der Waals surface area (Å²) in [5, 5.41) is 28.0. The monoisotopic (exact) mass is 217 g/mol. The zero-order valence-corrected chi connectivity index (χ0v) is 8.43. The van der Waals surface area contributed by atoms with Crippen LogP contribution in [0.2, 0.25) is 0 Å². The number of rotatable bonds is 3. The van der Waals surface area contributed by atoms with Crippen molar-refractivity contribution in [2.75, 3.05) is 7.11 Å². The topological polar surface area (TPSA) is 99.9 Å². The molecule has 0 atom stereocenters. The molecule has 1 aromatic carbocycles. The van der Waals surface area contributed by atoms with Crippen LogP contribution in [-0.2, 0) is 6.42 Å². The molecule has 6 heteroatoms. The van der Waals surface area contributed by atoms with E-state index in [1.54, 1.807) is 0 Å². The number of nitro groups is 1. The summed E-state index contributed by atoms with van der Waals surface area (Å²) in [5.41, 5.74) is 0.299. The summed E-state index contributed by atoms with van der Waals surface area (Å²) in [6, 6.07) is 6.18. The Hall–Kier alpha value is -2.60. The van der Waals surface area contributed by atoms with E-state index in [0.29, 0.717) is 5.56 Å². The van der Waals surface area contributed by atoms with Crippen LogP contribution in [0.4, 0.5) is 5.69 Å². The van der Waals surface area contributed by atoms with Crippen LogP contribution in [0, 0.1) is 32.8 Å². The third kappa shape index (κ3) is 2.07. The lowest BCUT2D eigenvalue weighted by atomic mass is 10.0. The number of nitrogens with zero attached hydrogens (tertiary/aromatic N) is 3. The molecule has 1 aromatic rings. The van der Waals surface area contributed by atoms with Crippen LogP contribution in [0.3, 0.4) is 0 Å². The van der Waals surface area contributed by atoms with E-state index in [9.17, 15) is 10.1 Å². The van der Waals surface area contributed by atoms with Gasteiger partial charge in [-0.3, -0.25) is 10.1 Å². The van der Waals surface area contributed by atoms with E-state index in [-0.39, 0.29) is 23.4 Å². The summed E-state index contributed by atoms with van der Waals surface area (Å²) in [5.74, 6) is 0.0169. The van der Waals surface area contributed by atoms with Crippen LogP contribution < -0.4 is 4.74 Å². The van der Waals surface area contributed by atoms with Crippen LogP contribution in [0.25, 0.3) is 0 Å². The molecule has 0 spiro atoms. The standard InChI is InChI=1S/C10H7N3O3/c1-16-10-5-8(6-12)7(2-3-11)4-9(10)13(14)15/h4-5H,2H2,1H3. The molecule has 0 heterocycles. The van der Waals surface area contributed by atoms with Crippen molar-refractivity contribution >= 4 is 5.69 Å². The van der Waals surface area contributed by atoms with Crippen molar-refractivity contribution in [3.05, 3.63) is 33.4 Å². The van der Waals surface area contributed by atoms with Gasteiger partial charge in [0.05, 0.1) is 36.2 Å². The number of nitriles is 2. The van der Waals surface area contributed by atoms with E-state index >= 15 is 0 Å². The molecule has 0 aromatic heterocycles. The Morgan fingerprint density at radius 3 is 2.62 bits per heavy atom. The van der Waals surface area contributed by atoms with Gasteiger partial charge >= 0.3 is 5.69 Å². The fourth-order valence-corrected chi connectivity index (χ4v) is 1.25. The van der Waals surface area contributed by atoms with Crippen molar-refractivity contribution in [1.82, 2.24) is 0 Å². The Balaban J connectivity index is 3.43. The largest absolute Gasteiger partial charge is 0.490 e.